The predicted octanol–water partition coefficient (Wildman–Crippen LogP) is 4.32. The van der Waals surface area contributed by atoms with Crippen LogP contribution in [-0.4, -0.2) is 17.9 Å². The Kier molecular flexibility index (Phi) is 5.71. The van der Waals surface area contributed by atoms with E-state index in [1.54, 1.807) is 0 Å². The van der Waals surface area contributed by atoms with Crippen molar-refractivity contribution in [1.29, 1.82) is 0 Å². The number of nitro benzene ring substituents is 1. The molecule has 2 N–H and O–H groups in total. The van der Waals surface area contributed by atoms with Crippen LogP contribution in [-0.2, 0) is 0 Å². The van der Waals surface area contributed by atoms with E-state index in [2.05, 4.69) is 10.9 Å². The molecule has 0 spiro atoms. The standard InChI is InChI=1S/C14H10Cl3N3O4/c1-24-12-3-2-7(4-11(12)20(22)23)14(21)19-18-13-9(16)5-8(15)6-10(13)17/h2-6,18H,1H3,(H,19,21). The number of benzene rings is 2. The maximum Gasteiger partial charge on any atom is 0.311 e. The van der Waals surface area contributed by atoms with E-state index in [4.69, 9.17) is 39.5 Å². The number of carbonyl (C=O) groups excluding carboxylic acids is 1. The van der Waals surface area contributed by atoms with Crippen LogP contribution in [0.5, 0.6) is 5.75 Å². The highest BCUT2D eigenvalue weighted by Gasteiger charge is 2.18. The lowest BCUT2D eigenvalue weighted by molar-refractivity contribution is -0.385. The molecule has 2 rings (SSSR count). The second-order valence-electron chi connectivity index (χ2n) is 4.47. The van der Waals surface area contributed by atoms with E-state index >= 15 is 0 Å². The average molecular weight is 391 g/mol. The molecule has 0 aliphatic carbocycles. The molecule has 0 saturated heterocycles. The summed E-state index contributed by atoms with van der Waals surface area (Å²) in [6, 6.07) is 6.70. The molecule has 24 heavy (non-hydrogen) atoms. The number of hydrogen-bond donors (Lipinski definition) is 2. The van der Waals surface area contributed by atoms with Gasteiger partial charge < -0.3 is 4.74 Å². The molecule has 2 aromatic rings. The molecular formula is C14H10Cl3N3O4. The Balaban J connectivity index is 2.19. The average Bonchev–Trinajstić information content (AvgIpc) is 2.52. The number of hydrazine groups is 1. The van der Waals surface area contributed by atoms with Crippen LogP contribution in [0.4, 0.5) is 11.4 Å². The molecule has 0 aliphatic heterocycles. The van der Waals surface area contributed by atoms with Crippen molar-refractivity contribution in [2.24, 2.45) is 0 Å². The molecule has 0 saturated carbocycles. The number of methoxy groups -OCH3 is 1. The van der Waals surface area contributed by atoms with E-state index in [1.807, 2.05) is 0 Å². The van der Waals surface area contributed by atoms with Gasteiger partial charge in [0.15, 0.2) is 5.75 Å². The minimum absolute atomic E-state index is 0.0494. The minimum atomic E-state index is -0.643. The van der Waals surface area contributed by atoms with E-state index < -0.39 is 10.8 Å². The van der Waals surface area contributed by atoms with Gasteiger partial charge in [0.1, 0.15) is 0 Å². The van der Waals surface area contributed by atoms with Crippen LogP contribution in [0.15, 0.2) is 30.3 Å². The third-order valence-corrected chi connectivity index (χ3v) is 3.76. The Hall–Kier alpha value is -2.22. The van der Waals surface area contributed by atoms with Crippen LogP contribution in [0.3, 0.4) is 0 Å². The topological polar surface area (TPSA) is 93.5 Å². The number of amides is 1. The van der Waals surface area contributed by atoms with Gasteiger partial charge in [-0.05, 0) is 24.3 Å². The summed E-state index contributed by atoms with van der Waals surface area (Å²) < 4.78 is 4.88. The van der Waals surface area contributed by atoms with Gasteiger partial charge in [0.25, 0.3) is 5.91 Å². The highest BCUT2D eigenvalue weighted by molar-refractivity contribution is 6.41. The summed E-state index contributed by atoms with van der Waals surface area (Å²) in [7, 11) is 1.30. The lowest BCUT2D eigenvalue weighted by Gasteiger charge is -2.12. The molecule has 1 amide bonds. The van der Waals surface area contributed by atoms with Crippen LogP contribution in [0.2, 0.25) is 15.1 Å². The molecule has 0 atom stereocenters. The molecule has 0 fully saturated rings. The molecule has 0 aromatic heterocycles. The Morgan fingerprint density at radius 2 is 1.79 bits per heavy atom. The number of ether oxygens (including phenoxy) is 1. The molecule has 0 unspecified atom stereocenters. The van der Waals surface area contributed by atoms with Crippen LogP contribution < -0.4 is 15.6 Å². The van der Waals surface area contributed by atoms with Crippen molar-refractivity contribution in [1.82, 2.24) is 5.43 Å². The summed E-state index contributed by atoms with van der Waals surface area (Å²) in [5, 5.41) is 11.7. The molecule has 0 heterocycles. The second kappa shape index (κ2) is 7.57. The predicted molar refractivity (Wildman–Crippen MR) is 92.2 cm³/mol. The van der Waals surface area contributed by atoms with E-state index in [0.717, 1.165) is 6.07 Å². The van der Waals surface area contributed by atoms with E-state index in [9.17, 15) is 14.9 Å². The zero-order chi connectivity index (χ0) is 17.9. The number of rotatable bonds is 5. The maximum atomic E-state index is 12.1. The van der Waals surface area contributed by atoms with Gasteiger partial charge in [-0.1, -0.05) is 34.8 Å². The summed E-state index contributed by atoms with van der Waals surface area (Å²) >= 11 is 17.8. The normalized spacial score (nSPS) is 10.2. The summed E-state index contributed by atoms with van der Waals surface area (Å²) in [6.45, 7) is 0. The van der Waals surface area contributed by atoms with Crippen molar-refractivity contribution in [3.05, 3.63) is 61.1 Å². The van der Waals surface area contributed by atoms with Crippen molar-refractivity contribution in [3.63, 3.8) is 0 Å². The number of anilines is 1. The third kappa shape index (κ3) is 4.00. The maximum absolute atomic E-state index is 12.1. The van der Waals surface area contributed by atoms with Gasteiger partial charge in [-0.2, -0.15) is 0 Å². The number of carbonyl (C=O) groups is 1. The van der Waals surface area contributed by atoms with Gasteiger partial charge in [-0.25, -0.2) is 0 Å². The van der Waals surface area contributed by atoms with Crippen LogP contribution in [0.25, 0.3) is 0 Å². The van der Waals surface area contributed by atoms with Gasteiger partial charge in [-0.3, -0.25) is 25.8 Å². The first-order valence-electron chi connectivity index (χ1n) is 6.36. The smallest absolute Gasteiger partial charge is 0.311 e. The highest BCUT2D eigenvalue weighted by atomic mass is 35.5. The summed E-state index contributed by atoms with van der Waals surface area (Å²) in [6.07, 6.45) is 0. The van der Waals surface area contributed by atoms with Gasteiger partial charge in [0, 0.05) is 16.7 Å². The van der Waals surface area contributed by atoms with Crippen LogP contribution in [0, 0.1) is 10.1 Å². The zero-order valence-electron chi connectivity index (χ0n) is 12.1. The fourth-order valence-corrected chi connectivity index (χ4v) is 2.74. The van der Waals surface area contributed by atoms with Crippen molar-refractivity contribution in [2.45, 2.75) is 0 Å². The van der Waals surface area contributed by atoms with Crippen LogP contribution >= 0.6 is 34.8 Å². The molecule has 126 valence electrons. The van der Waals surface area contributed by atoms with Gasteiger partial charge in [0.2, 0.25) is 0 Å². The van der Waals surface area contributed by atoms with Crippen LogP contribution in [0.1, 0.15) is 10.4 Å². The lowest BCUT2D eigenvalue weighted by atomic mass is 10.2. The largest absolute Gasteiger partial charge is 0.490 e. The molecule has 7 nitrogen and oxygen atoms in total. The van der Waals surface area contributed by atoms with Crippen molar-refractivity contribution in [2.75, 3.05) is 12.5 Å². The monoisotopic (exact) mass is 389 g/mol. The van der Waals surface area contributed by atoms with E-state index in [-0.39, 0.29) is 32.7 Å². The Morgan fingerprint density at radius 1 is 1.17 bits per heavy atom. The van der Waals surface area contributed by atoms with Crippen molar-refractivity contribution < 1.29 is 14.5 Å². The number of nitro groups is 1. The Labute approximate surface area is 151 Å². The zero-order valence-corrected chi connectivity index (χ0v) is 14.4. The molecule has 2 aromatic carbocycles. The molecule has 0 radical (unpaired) electrons. The summed E-state index contributed by atoms with van der Waals surface area (Å²) in [4.78, 5) is 22.5. The highest BCUT2D eigenvalue weighted by Crippen LogP contribution is 2.33. The molecule has 10 heteroatoms. The van der Waals surface area contributed by atoms with E-state index in [1.165, 1.54) is 31.4 Å². The molecule has 0 aliphatic rings. The van der Waals surface area contributed by atoms with E-state index in [0.29, 0.717) is 5.02 Å². The first-order chi connectivity index (χ1) is 11.3. The molecular weight excluding hydrogens is 381 g/mol. The number of hydrogen-bond acceptors (Lipinski definition) is 5. The number of nitrogens with zero attached hydrogens (tertiary/aromatic N) is 1. The first kappa shape index (κ1) is 18.1. The molecule has 0 bridgehead atoms. The summed E-state index contributed by atoms with van der Waals surface area (Å²) in [5.74, 6) is -0.573. The minimum Gasteiger partial charge on any atom is -0.490 e. The SMILES string of the molecule is COc1ccc(C(=O)NNc2c(Cl)cc(Cl)cc2Cl)cc1[N+](=O)[O-]. The van der Waals surface area contributed by atoms with Crippen molar-refractivity contribution in [3.8, 4) is 5.75 Å². The Morgan fingerprint density at radius 3 is 2.33 bits per heavy atom. The number of nitrogens with one attached hydrogen (secondary N) is 2. The van der Waals surface area contributed by atoms with Gasteiger partial charge in [-0.15, -0.1) is 0 Å². The van der Waals surface area contributed by atoms with Crippen molar-refractivity contribution >= 4 is 52.1 Å². The lowest BCUT2D eigenvalue weighted by Crippen LogP contribution is -2.29. The fraction of sp³-hybridized carbons (Fsp3) is 0.0714. The van der Waals surface area contributed by atoms with Gasteiger partial charge >= 0.3 is 5.69 Å². The summed E-state index contributed by atoms with van der Waals surface area (Å²) in [5.41, 5.74) is 4.89. The Bertz CT molecular complexity index is 791. The quantitative estimate of drug-likeness (QED) is 0.586. The number of halogens is 3. The van der Waals surface area contributed by atoms with Gasteiger partial charge in [0.05, 0.1) is 27.8 Å². The fourth-order valence-electron chi connectivity index (χ4n) is 1.83. The first-order valence-corrected chi connectivity index (χ1v) is 7.50. The second-order valence-corrected chi connectivity index (χ2v) is 5.72. The third-order valence-electron chi connectivity index (χ3n) is 2.95.